The zero-order valence-corrected chi connectivity index (χ0v) is 9.68. The second-order valence-corrected chi connectivity index (χ2v) is 5.04. The minimum Gasteiger partial charge on any atom is -0.300 e. The maximum atomic E-state index is 11.2. The molecule has 15 heavy (non-hydrogen) atoms. The average Bonchev–Trinajstić information content (AvgIpc) is 2.24. The fourth-order valence-corrected chi connectivity index (χ4v) is 2.35. The summed E-state index contributed by atoms with van der Waals surface area (Å²) in [5.41, 5.74) is 1.47. The molecule has 0 heterocycles. The number of carbonyl (C=O) groups is 1. The van der Waals surface area contributed by atoms with Gasteiger partial charge in [0.1, 0.15) is 5.78 Å². The van der Waals surface area contributed by atoms with Gasteiger partial charge >= 0.3 is 0 Å². The third kappa shape index (κ3) is 2.23. The van der Waals surface area contributed by atoms with E-state index in [4.69, 9.17) is 11.6 Å². The lowest BCUT2D eigenvalue weighted by atomic mass is 9.71. The fraction of sp³-hybridized carbons (Fsp3) is 0.462. The lowest BCUT2D eigenvalue weighted by molar-refractivity contribution is -0.121. The third-order valence-electron chi connectivity index (χ3n) is 3.45. The Hall–Kier alpha value is -0.820. The molecule has 0 saturated heterocycles. The van der Waals surface area contributed by atoms with E-state index in [-0.39, 0.29) is 5.41 Å². The van der Waals surface area contributed by atoms with Crippen LogP contribution in [0.1, 0.15) is 38.2 Å². The van der Waals surface area contributed by atoms with Crippen LogP contribution in [0.25, 0.3) is 0 Å². The van der Waals surface area contributed by atoms with Crippen LogP contribution in [-0.4, -0.2) is 5.78 Å². The Morgan fingerprint density at radius 1 is 1.13 bits per heavy atom. The molecule has 1 nitrogen and oxygen atoms in total. The standard InChI is InChI=1S/C13H15ClO/c1-13(8-6-12(15)7-9-13)10-2-4-11(14)5-3-10/h2-5H,6-9H2,1H3. The maximum Gasteiger partial charge on any atom is 0.132 e. The highest BCUT2D eigenvalue weighted by Crippen LogP contribution is 2.37. The molecule has 0 spiro atoms. The van der Waals surface area contributed by atoms with E-state index in [2.05, 4.69) is 19.1 Å². The predicted molar refractivity (Wildman–Crippen MR) is 62.3 cm³/mol. The summed E-state index contributed by atoms with van der Waals surface area (Å²) in [6.45, 7) is 2.24. The summed E-state index contributed by atoms with van der Waals surface area (Å²) < 4.78 is 0. The minimum absolute atomic E-state index is 0.165. The van der Waals surface area contributed by atoms with Crippen LogP contribution in [0.4, 0.5) is 0 Å². The van der Waals surface area contributed by atoms with Crippen molar-refractivity contribution in [3.8, 4) is 0 Å². The Balaban J connectivity index is 2.22. The van der Waals surface area contributed by atoms with Crippen molar-refractivity contribution in [2.75, 3.05) is 0 Å². The van der Waals surface area contributed by atoms with Crippen molar-refractivity contribution in [2.45, 2.75) is 38.0 Å². The van der Waals surface area contributed by atoms with Crippen molar-refractivity contribution in [3.05, 3.63) is 34.9 Å². The van der Waals surface area contributed by atoms with Gasteiger partial charge in [0.15, 0.2) is 0 Å². The molecule has 0 bridgehead atoms. The Labute approximate surface area is 95.4 Å². The molecule has 0 atom stereocenters. The van der Waals surface area contributed by atoms with Crippen molar-refractivity contribution in [3.63, 3.8) is 0 Å². The monoisotopic (exact) mass is 222 g/mol. The molecule has 0 unspecified atom stereocenters. The second-order valence-electron chi connectivity index (χ2n) is 4.61. The van der Waals surface area contributed by atoms with E-state index in [1.54, 1.807) is 0 Å². The zero-order chi connectivity index (χ0) is 10.9. The number of hydrogen-bond acceptors (Lipinski definition) is 1. The molecular weight excluding hydrogens is 208 g/mol. The van der Waals surface area contributed by atoms with Gasteiger partial charge in [-0.2, -0.15) is 0 Å². The minimum atomic E-state index is 0.165. The van der Waals surface area contributed by atoms with Gasteiger partial charge in [0.25, 0.3) is 0 Å². The highest BCUT2D eigenvalue weighted by atomic mass is 35.5. The smallest absolute Gasteiger partial charge is 0.132 e. The van der Waals surface area contributed by atoms with Gasteiger partial charge in [-0.15, -0.1) is 0 Å². The molecule has 1 aromatic carbocycles. The van der Waals surface area contributed by atoms with Crippen molar-refractivity contribution >= 4 is 17.4 Å². The molecule has 2 heteroatoms. The van der Waals surface area contributed by atoms with Crippen molar-refractivity contribution in [2.24, 2.45) is 0 Å². The van der Waals surface area contributed by atoms with Crippen LogP contribution in [-0.2, 0) is 10.2 Å². The molecule has 0 aliphatic heterocycles. The summed E-state index contributed by atoms with van der Waals surface area (Å²) in [5, 5.41) is 0.772. The lowest BCUT2D eigenvalue weighted by Crippen LogP contribution is -2.28. The highest BCUT2D eigenvalue weighted by Gasteiger charge is 2.31. The van der Waals surface area contributed by atoms with Crippen molar-refractivity contribution < 1.29 is 4.79 Å². The predicted octanol–water partition coefficient (Wildman–Crippen LogP) is 3.74. The molecular formula is C13H15ClO. The van der Waals surface area contributed by atoms with Gasteiger partial charge in [0.2, 0.25) is 0 Å². The highest BCUT2D eigenvalue weighted by molar-refractivity contribution is 6.30. The molecule has 0 N–H and O–H groups in total. The summed E-state index contributed by atoms with van der Waals surface area (Å²) in [5.74, 6) is 0.404. The SMILES string of the molecule is CC1(c2ccc(Cl)cc2)CCC(=O)CC1. The number of rotatable bonds is 1. The molecule has 0 aromatic heterocycles. The van der Waals surface area contributed by atoms with Crippen LogP contribution in [0.15, 0.2) is 24.3 Å². The number of Topliss-reactive ketones (excluding diaryl/α,β-unsaturated/α-hetero) is 1. The van der Waals surface area contributed by atoms with Crippen LogP contribution in [0, 0.1) is 0 Å². The summed E-state index contributed by atoms with van der Waals surface area (Å²) in [6, 6.07) is 8.02. The van der Waals surface area contributed by atoms with E-state index in [0.717, 1.165) is 30.7 Å². The molecule has 0 amide bonds. The number of ketones is 1. The van der Waals surface area contributed by atoms with E-state index >= 15 is 0 Å². The van der Waals surface area contributed by atoms with Crippen LogP contribution < -0.4 is 0 Å². The van der Waals surface area contributed by atoms with Gasteiger partial charge in [-0.3, -0.25) is 4.79 Å². The topological polar surface area (TPSA) is 17.1 Å². The Bertz CT molecular complexity index is 357. The molecule has 2 rings (SSSR count). The summed E-state index contributed by atoms with van der Waals surface area (Å²) >= 11 is 5.87. The van der Waals surface area contributed by atoms with Gasteiger partial charge in [0.05, 0.1) is 0 Å². The quantitative estimate of drug-likeness (QED) is 0.708. The first-order valence-corrected chi connectivity index (χ1v) is 5.76. The van der Waals surface area contributed by atoms with Crippen LogP contribution in [0.3, 0.4) is 0 Å². The summed E-state index contributed by atoms with van der Waals surface area (Å²) in [7, 11) is 0. The number of carbonyl (C=O) groups excluding carboxylic acids is 1. The van der Waals surface area contributed by atoms with Gasteiger partial charge in [-0.25, -0.2) is 0 Å². The van der Waals surface area contributed by atoms with Gasteiger partial charge in [0, 0.05) is 17.9 Å². The molecule has 1 aliphatic rings. The van der Waals surface area contributed by atoms with E-state index in [9.17, 15) is 4.79 Å². The van der Waals surface area contributed by atoms with Gasteiger partial charge < -0.3 is 0 Å². The van der Waals surface area contributed by atoms with Gasteiger partial charge in [-0.1, -0.05) is 30.7 Å². The number of benzene rings is 1. The van der Waals surface area contributed by atoms with E-state index in [0.29, 0.717) is 5.78 Å². The Morgan fingerprint density at radius 3 is 2.20 bits per heavy atom. The molecule has 0 radical (unpaired) electrons. The summed E-state index contributed by atoms with van der Waals surface area (Å²) in [6.07, 6.45) is 3.37. The normalized spacial score (nSPS) is 20.3. The van der Waals surface area contributed by atoms with E-state index in [1.807, 2.05) is 12.1 Å². The number of hydrogen-bond donors (Lipinski definition) is 0. The molecule has 1 saturated carbocycles. The summed E-state index contributed by atoms with van der Waals surface area (Å²) in [4.78, 5) is 11.2. The van der Waals surface area contributed by atoms with E-state index < -0.39 is 0 Å². The second kappa shape index (κ2) is 3.97. The first kappa shape index (κ1) is 10.7. The molecule has 1 aromatic rings. The van der Waals surface area contributed by atoms with Crippen LogP contribution in [0.5, 0.6) is 0 Å². The Morgan fingerprint density at radius 2 is 1.67 bits per heavy atom. The van der Waals surface area contributed by atoms with Crippen molar-refractivity contribution in [1.29, 1.82) is 0 Å². The maximum absolute atomic E-state index is 11.2. The molecule has 80 valence electrons. The first-order valence-electron chi connectivity index (χ1n) is 5.38. The third-order valence-corrected chi connectivity index (χ3v) is 3.70. The van der Waals surface area contributed by atoms with Gasteiger partial charge in [-0.05, 0) is 36.0 Å². The lowest BCUT2D eigenvalue weighted by Gasteiger charge is -2.33. The largest absolute Gasteiger partial charge is 0.300 e. The van der Waals surface area contributed by atoms with E-state index in [1.165, 1.54) is 5.56 Å². The molecule has 1 fully saturated rings. The molecule has 1 aliphatic carbocycles. The Kier molecular flexibility index (Phi) is 2.83. The first-order chi connectivity index (χ1) is 7.10. The van der Waals surface area contributed by atoms with Crippen LogP contribution >= 0.6 is 11.6 Å². The average molecular weight is 223 g/mol. The van der Waals surface area contributed by atoms with Crippen molar-refractivity contribution in [1.82, 2.24) is 0 Å². The zero-order valence-electron chi connectivity index (χ0n) is 8.92. The van der Waals surface area contributed by atoms with Crippen LogP contribution in [0.2, 0.25) is 5.02 Å². The fourth-order valence-electron chi connectivity index (χ4n) is 2.22. The number of halogens is 1.